The number of aliphatic hydroxyl groups is 16. The van der Waals surface area contributed by atoms with E-state index in [9.17, 15) is 81.7 Å². The average molecular weight is 1450 g/mol. The SMILES string of the molecule is OC[C@H]1O[C@@H](Oc2ccc(-c3c4nc(c(-c5ccc(O[C@@H]6O[C@H](CO)[C@@H](O)[C@H](O)[C@H]6O)cc5)c5ccc([n-]5)c(-c5ccc(O[C@@H]6O[C@H](CO)[C@@H](O)[C@H](O)[C@H]6O)cc5)c5nc(c(-c6ccc(O[C@@H]7O[C@H](CO)[C@@H](O)[C@H](O)[C@H]7O)cc6)c6ccc3[n-]6)C=C5)C=C4)cc2)[C@H](O)[C@@H](O)[C@@H]1O.[C-]#[O+].[Ru+2]. The summed E-state index contributed by atoms with van der Waals surface area (Å²) in [6, 6.07) is 33.6. The molecule has 0 radical (unpaired) electrons. The zero-order valence-electron chi connectivity index (χ0n) is 51.7. The maximum absolute atomic E-state index is 10.8. The first kappa shape index (κ1) is 72.5. The van der Waals surface area contributed by atoms with Crippen LogP contribution in [0.1, 0.15) is 22.8 Å². The predicted octanol–water partition coefficient (Wildman–Crippen LogP) is -0.743. The van der Waals surface area contributed by atoms with Crippen molar-refractivity contribution in [2.75, 3.05) is 26.4 Å². The molecular formula is C69H68N4O25Ru. The molecule has 6 aliphatic rings. The molecule has 13 rings (SSSR count). The summed E-state index contributed by atoms with van der Waals surface area (Å²) in [5.41, 5.74) is 7.59. The van der Waals surface area contributed by atoms with E-state index in [1.165, 1.54) is 0 Å². The molecule has 4 saturated heterocycles. The monoisotopic (exact) mass is 1450 g/mol. The van der Waals surface area contributed by atoms with Crippen molar-refractivity contribution >= 4 is 46.4 Å². The van der Waals surface area contributed by atoms with E-state index in [2.05, 4.69) is 6.65 Å². The van der Waals surface area contributed by atoms with Gasteiger partial charge in [-0.2, -0.15) is 0 Å². The third-order valence-electron chi connectivity index (χ3n) is 17.6. The van der Waals surface area contributed by atoms with Crippen molar-refractivity contribution < 1.29 is 144 Å². The number of hydrogen-bond donors (Lipinski definition) is 16. The minimum atomic E-state index is -1.69. The van der Waals surface area contributed by atoms with Crippen molar-refractivity contribution in [3.05, 3.63) is 151 Å². The molecule has 30 heteroatoms. The van der Waals surface area contributed by atoms with Gasteiger partial charge in [0.05, 0.1) is 49.2 Å². The summed E-state index contributed by atoms with van der Waals surface area (Å²) in [7, 11) is 0. The van der Waals surface area contributed by atoms with Gasteiger partial charge < -0.3 is 130 Å². The Kier molecular flexibility index (Phi) is 22.7. The maximum atomic E-state index is 10.8. The van der Waals surface area contributed by atoms with Crippen molar-refractivity contribution in [3.8, 4) is 67.5 Å². The van der Waals surface area contributed by atoms with Gasteiger partial charge in [0.15, 0.2) is 0 Å². The number of hydrogen-bond acceptors (Lipinski definition) is 26. The molecule has 8 bridgehead atoms. The van der Waals surface area contributed by atoms with E-state index >= 15 is 0 Å². The number of rotatable bonds is 16. The molecule has 0 saturated carbocycles. The zero-order chi connectivity index (χ0) is 69.4. The van der Waals surface area contributed by atoms with Gasteiger partial charge in [-0.25, -0.2) is 9.97 Å². The van der Waals surface area contributed by atoms with Crippen LogP contribution >= 0.6 is 0 Å². The fraction of sp³-hybridized carbons (Fsp3) is 0.348. The molecule has 0 unspecified atom stereocenters. The second-order valence-electron chi connectivity index (χ2n) is 23.7. The van der Waals surface area contributed by atoms with Gasteiger partial charge in [-0.3, -0.25) is 0 Å². The summed E-state index contributed by atoms with van der Waals surface area (Å²) in [6.45, 7) is 1.82. The third kappa shape index (κ3) is 14.5. The van der Waals surface area contributed by atoms with Crippen LogP contribution in [0.2, 0.25) is 0 Å². The van der Waals surface area contributed by atoms with Gasteiger partial charge in [-0.05, 0) is 117 Å². The molecule has 20 atom stereocenters. The van der Waals surface area contributed by atoms with Gasteiger partial charge in [-0.1, -0.05) is 72.8 Å². The van der Waals surface area contributed by atoms with Crippen molar-refractivity contribution in [1.82, 2.24) is 19.9 Å². The Labute approximate surface area is 575 Å². The first-order valence-electron chi connectivity index (χ1n) is 30.9. The molecule has 29 nitrogen and oxygen atoms in total. The molecule has 7 aromatic rings. The van der Waals surface area contributed by atoms with Gasteiger partial charge in [-0.15, -0.1) is 22.1 Å². The molecule has 6 aliphatic heterocycles. The van der Waals surface area contributed by atoms with E-state index < -0.39 is 149 Å². The molecule has 522 valence electrons. The summed E-state index contributed by atoms with van der Waals surface area (Å²) in [4.78, 5) is 21.2. The van der Waals surface area contributed by atoms with Crippen molar-refractivity contribution in [2.24, 2.45) is 0 Å². The molecule has 3 aromatic heterocycles. The van der Waals surface area contributed by atoms with Crippen LogP contribution in [0.25, 0.3) is 90.9 Å². The number of nitrogens with zero attached hydrogens (tertiary/aromatic N) is 4. The number of aromatic nitrogens is 4. The predicted molar refractivity (Wildman–Crippen MR) is 340 cm³/mol. The second-order valence-corrected chi connectivity index (χ2v) is 23.7. The zero-order valence-corrected chi connectivity index (χ0v) is 53.4. The molecular weight excluding hydrogens is 1390 g/mol. The van der Waals surface area contributed by atoms with E-state index in [0.717, 1.165) is 0 Å². The largest absolute Gasteiger partial charge is 2.00 e. The summed E-state index contributed by atoms with van der Waals surface area (Å²) >= 11 is 0. The second kappa shape index (κ2) is 31.0. The van der Waals surface area contributed by atoms with Gasteiger partial charge in [0.2, 0.25) is 25.2 Å². The Hall–Kier alpha value is -7.76. The van der Waals surface area contributed by atoms with Gasteiger partial charge in [0.1, 0.15) is 121 Å². The van der Waals surface area contributed by atoms with Crippen molar-refractivity contribution in [2.45, 2.75) is 123 Å². The van der Waals surface area contributed by atoms with Crippen molar-refractivity contribution in [3.63, 3.8) is 0 Å². The molecule has 0 amide bonds. The fourth-order valence-corrected chi connectivity index (χ4v) is 12.3. The first-order chi connectivity index (χ1) is 47.3. The van der Waals surface area contributed by atoms with Crippen LogP contribution in [0.3, 0.4) is 0 Å². The van der Waals surface area contributed by atoms with Crippen LogP contribution in [0.15, 0.2) is 121 Å². The fourth-order valence-electron chi connectivity index (χ4n) is 12.3. The summed E-state index contributed by atoms with van der Waals surface area (Å²) in [5, 5.41) is 167. The quantitative estimate of drug-likeness (QED) is 0.0322. The van der Waals surface area contributed by atoms with Gasteiger partial charge >= 0.3 is 30.8 Å². The molecule has 0 spiro atoms. The topological polar surface area (TPSA) is 471 Å². The smallest absolute Gasteiger partial charge is 2.00 e. The van der Waals surface area contributed by atoms with Crippen LogP contribution in [0, 0.1) is 6.65 Å². The first-order valence-corrected chi connectivity index (χ1v) is 30.9. The Bertz CT molecular complexity index is 3670. The summed E-state index contributed by atoms with van der Waals surface area (Å²) in [5.74, 6) is 0.715. The minimum absolute atomic E-state index is 0. The molecule has 9 heterocycles. The molecule has 4 aromatic carbocycles. The minimum Gasteiger partial charge on any atom is 2.00 e. The molecule has 0 aliphatic carbocycles. The molecule has 16 N–H and O–H groups in total. The summed E-state index contributed by atoms with van der Waals surface area (Å²) < 4.78 is 54.0. The normalized spacial score (nSPS) is 30.3. The van der Waals surface area contributed by atoms with Crippen LogP contribution in [0.5, 0.6) is 23.0 Å². The molecule has 4 fully saturated rings. The van der Waals surface area contributed by atoms with Crippen LogP contribution in [-0.4, -0.2) is 241 Å². The van der Waals surface area contributed by atoms with Crippen molar-refractivity contribution in [1.29, 1.82) is 0 Å². The maximum Gasteiger partial charge on any atom is 2.00 e. The third-order valence-corrected chi connectivity index (χ3v) is 17.6. The number of ether oxygens (including phenoxy) is 8. The van der Waals surface area contributed by atoms with Crippen LogP contribution in [-0.2, 0) is 43.1 Å². The van der Waals surface area contributed by atoms with Crippen LogP contribution in [0.4, 0.5) is 0 Å². The Morgan fingerprint density at radius 1 is 0.303 bits per heavy atom. The standard InChI is InChI=1S/C68H68N4O24.CO.Ru/c73-25-45-53(77)57(81)61(85)65(93-45)89-33-9-1-29(2-10-33)49-37-17-19-39(69-37)50(30-3-11-34(12-4-30)90-66-62(86)58(82)54(78)46(26-74)94-66)41-21-23-43(71-41)52(32-7-15-36(16-8-32)92-68-64(88)60(84)56(80)48(28-76)96-68)44-24-22-42(72-44)51(40-20-18-38(49)70-40)31-5-13-35(14-6-31)91-67-63(87)59(83)55(79)47(27-75)95-67;1-2;/h1-24,45-48,53-68,73-88H,25-28H2;;/q-2;;+2/t45-,46-,47-,48-,53-,54-,55-,56-,57+,58+,59+,60+,61-,62-,63-,64-,65-,66-,67-,68-;;/m1../s1. The van der Waals surface area contributed by atoms with E-state index in [4.69, 9.17) is 62.5 Å². The van der Waals surface area contributed by atoms with Gasteiger partial charge in [0.25, 0.3) is 0 Å². The van der Waals surface area contributed by atoms with E-state index in [1.807, 2.05) is 0 Å². The van der Waals surface area contributed by atoms with E-state index in [1.54, 1.807) is 146 Å². The van der Waals surface area contributed by atoms with Gasteiger partial charge in [0, 0.05) is 0 Å². The summed E-state index contributed by atoms with van der Waals surface area (Å²) in [6.07, 6.45) is -23.7. The number of aliphatic hydroxyl groups excluding tert-OH is 16. The average Bonchev–Trinajstić information content (AvgIpc) is 1.63. The number of benzene rings is 4. The Morgan fingerprint density at radius 2 is 0.495 bits per heavy atom. The van der Waals surface area contributed by atoms with E-state index in [0.29, 0.717) is 89.4 Å². The Balaban J connectivity index is 0.00000327. The van der Waals surface area contributed by atoms with Crippen LogP contribution < -0.4 is 28.9 Å². The van der Waals surface area contributed by atoms with E-state index in [-0.39, 0.29) is 42.5 Å². The number of fused-ring (bicyclic) bond motifs is 8. The molecule has 99 heavy (non-hydrogen) atoms. The Morgan fingerprint density at radius 3 is 0.677 bits per heavy atom.